The lowest BCUT2D eigenvalue weighted by Gasteiger charge is -2.17. The lowest BCUT2D eigenvalue weighted by Crippen LogP contribution is -2.24. The molecule has 2 aromatic rings. The van der Waals surface area contributed by atoms with Gasteiger partial charge in [-0.2, -0.15) is 0 Å². The molecule has 1 aromatic heterocycles. The van der Waals surface area contributed by atoms with Crippen LogP contribution in [0.1, 0.15) is 38.1 Å². The molecule has 0 aliphatic heterocycles. The molecule has 1 aromatic carbocycles. The summed E-state index contributed by atoms with van der Waals surface area (Å²) in [6.07, 6.45) is 1.94. The van der Waals surface area contributed by atoms with Gasteiger partial charge in [0.05, 0.1) is 30.1 Å². The Morgan fingerprint density at radius 1 is 1.25 bits per heavy atom. The van der Waals surface area contributed by atoms with Gasteiger partial charge in [0.2, 0.25) is 0 Å². The van der Waals surface area contributed by atoms with Crippen LogP contribution >= 0.6 is 0 Å². The van der Waals surface area contributed by atoms with Crippen molar-refractivity contribution in [3.8, 4) is 0 Å². The highest BCUT2D eigenvalue weighted by Crippen LogP contribution is 2.14. The van der Waals surface area contributed by atoms with Crippen LogP contribution in [0.2, 0.25) is 0 Å². The van der Waals surface area contributed by atoms with Crippen molar-refractivity contribution >= 4 is 0 Å². The molecule has 0 bridgehead atoms. The largest absolute Gasteiger partial charge is 0.394 e. The molecule has 0 spiro atoms. The molecule has 0 radical (unpaired) electrons. The van der Waals surface area contributed by atoms with E-state index in [0.717, 1.165) is 11.3 Å². The number of aromatic nitrogens is 3. The molecule has 5 heteroatoms. The third-order valence-corrected chi connectivity index (χ3v) is 3.14. The van der Waals surface area contributed by atoms with Gasteiger partial charge in [0, 0.05) is 6.54 Å². The van der Waals surface area contributed by atoms with E-state index in [4.69, 9.17) is 0 Å². The van der Waals surface area contributed by atoms with E-state index in [1.807, 2.05) is 41.2 Å². The molecule has 0 aliphatic rings. The summed E-state index contributed by atoms with van der Waals surface area (Å²) in [6.45, 7) is 6.88. The number of hydrogen-bond acceptors (Lipinski definition) is 4. The minimum Gasteiger partial charge on any atom is -0.394 e. The fourth-order valence-corrected chi connectivity index (χ4v) is 1.91. The van der Waals surface area contributed by atoms with Gasteiger partial charge in [-0.1, -0.05) is 35.5 Å². The normalized spacial score (nSPS) is 13.4. The third-order valence-electron chi connectivity index (χ3n) is 3.14. The second kappa shape index (κ2) is 6.15. The predicted octanol–water partition coefficient (Wildman–Crippen LogP) is 1.86. The molecule has 20 heavy (non-hydrogen) atoms. The predicted molar refractivity (Wildman–Crippen MR) is 78.1 cm³/mol. The molecule has 2 N–H and O–H groups in total. The molecule has 0 saturated carbocycles. The van der Waals surface area contributed by atoms with Crippen molar-refractivity contribution in [1.29, 1.82) is 0 Å². The van der Waals surface area contributed by atoms with E-state index in [1.165, 1.54) is 0 Å². The van der Waals surface area contributed by atoms with Crippen molar-refractivity contribution in [3.63, 3.8) is 0 Å². The Hall–Kier alpha value is -1.72. The summed E-state index contributed by atoms with van der Waals surface area (Å²) in [5.74, 6) is 0. The van der Waals surface area contributed by atoms with Crippen LogP contribution in [-0.2, 0) is 12.1 Å². The summed E-state index contributed by atoms with van der Waals surface area (Å²) < 4.78 is 1.85. The van der Waals surface area contributed by atoms with Crippen LogP contribution in [-0.4, -0.2) is 26.7 Å². The van der Waals surface area contributed by atoms with E-state index >= 15 is 0 Å². The summed E-state index contributed by atoms with van der Waals surface area (Å²) >= 11 is 0. The summed E-state index contributed by atoms with van der Waals surface area (Å²) in [4.78, 5) is 0. The van der Waals surface area contributed by atoms with Gasteiger partial charge in [0.25, 0.3) is 0 Å². The van der Waals surface area contributed by atoms with Crippen LogP contribution < -0.4 is 5.32 Å². The topological polar surface area (TPSA) is 63.0 Å². The number of nitrogens with zero attached hydrogens (tertiary/aromatic N) is 3. The molecule has 0 unspecified atom stereocenters. The van der Waals surface area contributed by atoms with Gasteiger partial charge in [-0.05, 0) is 26.3 Å². The first-order valence-corrected chi connectivity index (χ1v) is 6.81. The number of nitrogens with one attached hydrogen (secondary N) is 1. The number of benzene rings is 1. The maximum atomic E-state index is 9.49. The molecule has 1 heterocycles. The molecule has 0 saturated heterocycles. The Bertz CT molecular complexity index is 530. The molecule has 0 aliphatic carbocycles. The second-order valence-corrected chi connectivity index (χ2v) is 5.85. The van der Waals surface area contributed by atoms with E-state index in [9.17, 15) is 5.11 Å². The average molecular weight is 274 g/mol. The maximum absolute atomic E-state index is 9.49. The van der Waals surface area contributed by atoms with Gasteiger partial charge in [-0.15, -0.1) is 5.10 Å². The molecule has 5 nitrogen and oxygen atoms in total. The van der Waals surface area contributed by atoms with Crippen LogP contribution in [0.25, 0.3) is 0 Å². The first-order valence-electron chi connectivity index (χ1n) is 6.81. The number of aliphatic hydroxyl groups is 1. The molecular formula is C15H22N4O. The van der Waals surface area contributed by atoms with Gasteiger partial charge >= 0.3 is 0 Å². The van der Waals surface area contributed by atoms with E-state index in [0.29, 0.717) is 6.54 Å². The fraction of sp³-hybridized carbons (Fsp3) is 0.467. The monoisotopic (exact) mass is 274 g/mol. The zero-order valence-electron chi connectivity index (χ0n) is 12.2. The summed E-state index contributed by atoms with van der Waals surface area (Å²) in [7, 11) is 0. The number of hydrogen-bond donors (Lipinski definition) is 2. The Morgan fingerprint density at radius 3 is 2.50 bits per heavy atom. The van der Waals surface area contributed by atoms with Crippen LogP contribution in [0.5, 0.6) is 0 Å². The minimum atomic E-state index is -0.0870. The van der Waals surface area contributed by atoms with Crippen LogP contribution in [0.15, 0.2) is 36.5 Å². The zero-order valence-corrected chi connectivity index (χ0v) is 12.2. The highest BCUT2D eigenvalue weighted by molar-refractivity contribution is 5.19. The van der Waals surface area contributed by atoms with Crippen molar-refractivity contribution < 1.29 is 5.11 Å². The molecule has 1 atom stereocenters. The van der Waals surface area contributed by atoms with Crippen molar-refractivity contribution in [1.82, 2.24) is 20.3 Å². The van der Waals surface area contributed by atoms with Gasteiger partial charge in [0.1, 0.15) is 0 Å². The highest BCUT2D eigenvalue weighted by atomic mass is 16.3. The van der Waals surface area contributed by atoms with Crippen molar-refractivity contribution in [2.24, 2.45) is 0 Å². The zero-order chi connectivity index (χ0) is 14.6. The van der Waals surface area contributed by atoms with Gasteiger partial charge in [-0.3, -0.25) is 0 Å². The van der Waals surface area contributed by atoms with E-state index < -0.39 is 0 Å². The number of aliphatic hydroxyl groups excluding tert-OH is 1. The second-order valence-electron chi connectivity index (χ2n) is 5.85. The van der Waals surface area contributed by atoms with Crippen LogP contribution in [0.3, 0.4) is 0 Å². The third kappa shape index (κ3) is 3.65. The fourth-order valence-electron chi connectivity index (χ4n) is 1.91. The van der Waals surface area contributed by atoms with Gasteiger partial charge in [-0.25, -0.2) is 4.68 Å². The maximum Gasteiger partial charge on any atom is 0.0965 e. The van der Waals surface area contributed by atoms with Crippen molar-refractivity contribution in [2.45, 2.75) is 38.9 Å². The standard InChI is InChI=1S/C15H22N4O/c1-15(2,3)19-10-13(17-18-19)9-16-14(11-20)12-7-5-4-6-8-12/h4-8,10,14,16,20H,9,11H2,1-3H3/t14-/m0/s1. The van der Waals surface area contributed by atoms with E-state index in [1.54, 1.807) is 0 Å². The lowest BCUT2D eigenvalue weighted by atomic mass is 10.1. The lowest BCUT2D eigenvalue weighted by molar-refractivity contribution is 0.243. The summed E-state index contributed by atoms with van der Waals surface area (Å²) in [5.41, 5.74) is 1.87. The first-order chi connectivity index (χ1) is 9.50. The molecule has 108 valence electrons. The summed E-state index contributed by atoms with van der Waals surface area (Å²) in [6, 6.07) is 9.81. The van der Waals surface area contributed by atoms with Crippen molar-refractivity contribution in [3.05, 3.63) is 47.8 Å². The molecule has 2 rings (SSSR count). The Balaban J connectivity index is 1.99. The van der Waals surface area contributed by atoms with Gasteiger partial charge < -0.3 is 10.4 Å². The SMILES string of the molecule is CC(C)(C)n1cc(CN[C@@H](CO)c2ccccc2)nn1. The first kappa shape index (κ1) is 14.7. The minimum absolute atomic E-state index is 0.0530. The Kier molecular flexibility index (Phi) is 4.52. The molecule has 0 amide bonds. The number of rotatable bonds is 5. The van der Waals surface area contributed by atoms with E-state index in [-0.39, 0.29) is 18.2 Å². The Morgan fingerprint density at radius 2 is 1.95 bits per heavy atom. The average Bonchev–Trinajstić information content (AvgIpc) is 2.89. The summed E-state index contributed by atoms with van der Waals surface area (Å²) in [5, 5.41) is 21.1. The van der Waals surface area contributed by atoms with Gasteiger partial charge in [0.15, 0.2) is 0 Å². The molecular weight excluding hydrogens is 252 g/mol. The van der Waals surface area contributed by atoms with Crippen LogP contribution in [0, 0.1) is 0 Å². The Labute approximate surface area is 119 Å². The smallest absolute Gasteiger partial charge is 0.0965 e. The quantitative estimate of drug-likeness (QED) is 0.873. The highest BCUT2D eigenvalue weighted by Gasteiger charge is 2.16. The van der Waals surface area contributed by atoms with Crippen molar-refractivity contribution in [2.75, 3.05) is 6.61 Å². The van der Waals surface area contributed by atoms with Crippen LogP contribution in [0.4, 0.5) is 0 Å². The molecule has 0 fully saturated rings. The van der Waals surface area contributed by atoms with E-state index in [2.05, 4.69) is 36.4 Å².